The Morgan fingerprint density at radius 2 is 2.35 bits per heavy atom. The molecule has 2 heterocycles. The summed E-state index contributed by atoms with van der Waals surface area (Å²) in [5.74, 6) is -0.0629. The first-order valence-electron chi connectivity index (χ1n) is 7.53. The van der Waals surface area contributed by atoms with Crippen molar-refractivity contribution in [1.29, 1.82) is 0 Å². The molecule has 1 N–H and O–H groups in total. The van der Waals surface area contributed by atoms with Gasteiger partial charge >= 0.3 is 0 Å². The number of piperidine rings is 1. The number of rotatable bonds is 5. The topological polar surface area (TPSA) is 58.1 Å². The van der Waals surface area contributed by atoms with Gasteiger partial charge in [0.15, 0.2) is 0 Å². The maximum Gasteiger partial charge on any atom is 0.254 e. The van der Waals surface area contributed by atoms with Gasteiger partial charge in [0.1, 0.15) is 6.33 Å². The molecule has 0 radical (unpaired) electrons. The summed E-state index contributed by atoms with van der Waals surface area (Å²) >= 11 is 0. The monoisotopic (exact) mass is 276 g/mol. The van der Waals surface area contributed by atoms with E-state index in [1.165, 1.54) is 25.6 Å². The number of nitrogens with zero attached hydrogens (tertiary/aromatic N) is 3. The molecule has 0 bridgehead atoms. The highest BCUT2D eigenvalue weighted by molar-refractivity contribution is 5.94. The first-order chi connectivity index (χ1) is 9.72. The van der Waals surface area contributed by atoms with Gasteiger partial charge in [0.2, 0.25) is 0 Å². The Morgan fingerprint density at radius 1 is 1.50 bits per heavy atom. The average molecular weight is 276 g/mol. The highest BCUT2D eigenvalue weighted by Gasteiger charge is 2.18. The van der Waals surface area contributed by atoms with Crippen LogP contribution in [0.25, 0.3) is 0 Å². The van der Waals surface area contributed by atoms with E-state index in [-0.39, 0.29) is 5.91 Å². The number of carbonyl (C=O) groups is 1. The molecule has 20 heavy (non-hydrogen) atoms. The number of carbonyl (C=O) groups excluding carboxylic acids is 1. The summed E-state index contributed by atoms with van der Waals surface area (Å²) in [5.41, 5.74) is 1.41. The van der Waals surface area contributed by atoms with E-state index in [1.807, 2.05) is 6.92 Å². The summed E-state index contributed by atoms with van der Waals surface area (Å²) in [7, 11) is 0. The van der Waals surface area contributed by atoms with E-state index >= 15 is 0 Å². The van der Waals surface area contributed by atoms with Crippen LogP contribution in [0.5, 0.6) is 0 Å². The third kappa shape index (κ3) is 3.76. The van der Waals surface area contributed by atoms with Crippen molar-refractivity contribution in [3.05, 3.63) is 23.8 Å². The highest BCUT2D eigenvalue weighted by atomic mass is 16.1. The SMILES string of the molecule is CCc1ncncc1C(=O)NCCN1CCCC[C@@H]1C. The zero-order chi connectivity index (χ0) is 14.4. The van der Waals surface area contributed by atoms with Crippen LogP contribution >= 0.6 is 0 Å². The molecule has 0 aromatic carbocycles. The maximum absolute atomic E-state index is 12.1. The van der Waals surface area contributed by atoms with Crippen molar-refractivity contribution in [2.75, 3.05) is 19.6 Å². The average Bonchev–Trinajstić information content (AvgIpc) is 2.49. The zero-order valence-electron chi connectivity index (χ0n) is 12.4. The summed E-state index contributed by atoms with van der Waals surface area (Å²) in [5, 5.41) is 2.98. The van der Waals surface area contributed by atoms with Crippen LogP contribution in [0.3, 0.4) is 0 Å². The Labute approximate surface area is 120 Å². The summed E-state index contributed by atoms with van der Waals surface area (Å²) in [4.78, 5) is 22.7. The van der Waals surface area contributed by atoms with Gasteiger partial charge in [0.25, 0.3) is 5.91 Å². The first-order valence-corrected chi connectivity index (χ1v) is 7.53. The number of nitrogens with one attached hydrogen (secondary N) is 1. The largest absolute Gasteiger partial charge is 0.351 e. The summed E-state index contributed by atoms with van der Waals surface area (Å²) in [6.07, 6.45) is 7.70. The van der Waals surface area contributed by atoms with E-state index in [2.05, 4.69) is 27.1 Å². The van der Waals surface area contributed by atoms with Gasteiger partial charge in [0.05, 0.1) is 11.3 Å². The first kappa shape index (κ1) is 14.9. The minimum Gasteiger partial charge on any atom is -0.351 e. The Morgan fingerprint density at radius 3 is 3.10 bits per heavy atom. The molecule has 1 atom stereocenters. The fourth-order valence-corrected chi connectivity index (χ4v) is 2.72. The lowest BCUT2D eigenvalue weighted by Crippen LogP contribution is -2.42. The van der Waals surface area contributed by atoms with Gasteiger partial charge in [0, 0.05) is 25.3 Å². The number of hydrogen-bond donors (Lipinski definition) is 1. The second kappa shape index (κ2) is 7.33. The predicted octanol–water partition coefficient (Wildman–Crippen LogP) is 1.64. The Hall–Kier alpha value is -1.49. The van der Waals surface area contributed by atoms with Crippen LogP contribution in [-0.2, 0) is 6.42 Å². The van der Waals surface area contributed by atoms with Crippen LogP contribution in [0, 0.1) is 0 Å². The van der Waals surface area contributed by atoms with Crippen LogP contribution < -0.4 is 5.32 Å². The fourth-order valence-electron chi connectivity index (χ4n) is 2.72. The molecule has 0 aliphatic carbocycles. The lowest BCUT2D eigenvalue weighted by Gasteiger charge is -2.33. The molecular weight excluding hydrogens is 252 g/mol. The van der Waals surface area contributed by atoms with Crippen LogP contribution in [0.15, 0.2) is 12.5 Å². The van der Waals surface area contributed by atoms with Gasteiger partial charge in [-0.15, -0.1) is 0 Å². The molecule has 0 spiro atoms. The molecule has 0 saturated carbocycles. The molecule has 1 aliphatic heterocycles. The molecule has 1 fully saturated rings. The van der Waals surface area contributed by atoms with Crippen molar-refractivity contribution in [2.24, 2.45) is 0 Å². The third-order valence-electron chi connectivity index (χ3n) is 4.00. The van der Waals surface area contributed by atoms with Gasteiger partial charge in [-0.25, -0.2) is 9.97 Å². The van der Waals surface area contributed by atoms with Crippen LogP contribution in [0.4, 0.5) is 0 Å². The molecule has 2 rings (SSSR count). The Bertz CT molecular complexity index is 449. The predicted molar refractivity (Wildman–Crippen MR) is 78.6 cm³/mol. The molecule has 1 aromatic heterocycles. The van der Waals surface area contributed by atoms with Crippen molar-refractivity contribution >= 4 is 5.91 Å². The quantitative estimate of drug-likeness (QED) is 0.888. The molecule has 1 amide bonds. The number of aromatic nitrogens is 2. The molecular formula is C15H24N4O. The van der Waals surface area contributed by atoms with E-state index in [0.717, 1.165) is 25.2 Å². The summed E-state index contributed by atoms with van der Waals surface area (Å²) in [6, 6.07) is 0.631. The van der Waals surface area contributed by atoms with E-state index in [4.69, 9.17) is 0 Å². The van der Waals surface area contributed by atoms with Crippen molar-refractivity contribution in [1.82, 2.24) is 20.2 Å². The Balaban J connectivity index is 1.83. The lowest BCUT2D eigenvalue weighted by atomic mass is 10.0. The standard InChI is InChI=1S/C15H24N4O/c1-3-14-13(10-16-11-18-14)15(20)17-7-9-19-8-5-4-6-12(19)2/h10-12H,3-9H2,1-2H3,(H,17,20)/t12-/m0/s1. The van der Waals surface area contributed by atoms with Crippen molar-refractivity contribution in [3.63, 3.8) is 0 Å². The van der Waals surface area contributed by atoms with Gasteiger partial charge < -0.3 is 5.32 Å². The van der Waals surface area contributed by atoms with Gasteiger partial charge in [-0.2, -0.15) is 0 Å². The normalized spacial score (nSPS) is 19.8. The molecule has 110 valence electrons. The molecule has 1 aliphatic rings. The van der Waals surface area contributed by atoms with Gasteiger partial charge in [-0.1, -0.05) is 13.3 Å². The van der Waals surface area contributed by atoms with Crippen molar-refractivity contribution < 1.29 is 4.79 Å². The second-order valence-corrected chi connectivity index (χ2v) is 5.37. The van der Waals surface area contributed by atoms with Gasteiger partial charge in [-0.05, 0) is 32.7 Å². The smallest absolute Gasteiger partial charge is 0.254 e. The zero-order valence-corrected chi connectivity index (χ0v) is 12.4. The van der Waals surface area contributed by atoms with E-state index < -0.39 is 0 Å². The van der Waals surface area contributed by atoms with Crippen LogP contribution in [0.2, 0.25) is 0 Å². The summed E-state index contributed by atoms with van der Waals surface area (Å²) in [6.45, 7) is 7.00. The number of hydrogen-bond acceptors (Lipinski definition) is 4. The molecule has 1 aromatic rings. The minimum atomic E-state index is -0.0629. The highest BCUT2D eigenvalue weighted by Crippen LogP contribution is 2.15. The second-order valence-electron chi connectivity index (χ2n) is 5.37. The lowest BCUT2D eigenvalue weighted by molar-refractivity contribution is 0.0936. The maximum atomic E-state index is 12.1. The fraction of sp³-hybridized carbons (Fsp3) is 0.667. The molecule has 0 unspecified atom stereocenters. The van der Waals surface area contributed by atoms with Crippen molar-refractivity contribution in [3.8, 4) is 0 Å². The minimum absolute atomic E-state index is 0.0629. The van der Waals surface area contributed by atoms with Crippen molar-refractivity contribution in [2.45, 2.75) is 45.6 Å². The molecule has 1 saturated heterocycles. The van der Waals surface area contributed by atoms with Gasteiger partial charge in [-0.3, -0.25) is 9.69 Å². The van der Waals surface area contributed by atoms with E-state index in [9.17, 15) is 4.79 Å². The molecule has 5 nitrogen and oxygen atoms in total. The van der Waals surface area contributed by atoms with Crippen LogP contribution in [0.1, 0.15) is 49.2 Å². The third-order valence-corrected chi connectivity index (χ3v) is 4.00. The number of amides is 1. The van der Waals surface area contributed by atoms with E-state index in [0.29, 0.717) is 18.2 Å². The van der Waals surface area contributed by atoms with E-state index in [1.54, 1.807) is 6.20 Å². The van der Waals surface area contributed by atoms with Crippen LogP contribution in [-0.4, -0.2) is 46.5 Å². The summed E-state index contributed by atoms with van der Waals surface area (Å²) < 4.78 is 0. The number of aryl methyl sites for hydroxylation is 1. The number of likely N-dealkylation sites (tertiary alicyclic amines) is 1. The molecule has 5 heteroatoms. The Kier molecular flexibility index (Phi) is 5.47.